The van der Waals surface area contributed by atoms with Gasteiger partial charge in [0, 0.05) is 18.8 Å². The number of aromatic nitrogens is 3. The number of anilines is 1. The first-order valence-electron chi connectivity index (χ1n) is 10.5. The number of ether oxygens (including phenoxy) is 1. The molecule has 1 unspecified atom stereocenters. The Labute approximate surface area is 191 Å². The van der Waals surface area contributed by atoms with E-state index in [-0.39, 0.29) is 23.5 Å². The van der Waals surface area contributed by atoms with Gasteiger partial charge in [-0.15, -0.1) is 16.8 Å². The van der Waals surface area contributed by atoms with Gasteiger partial charge in [0.2, 0.25) is 5.91 Å². The van der Waals surface area contributed by atoms with Crippen molar-refractivity contribution in [2.45, 2.75) is 43.3 Å². The lowest BCUT2D eigenvalue weighted by Crippen LogP contribution is -2.40. The van der Waals surface area contributed by atoms with Crippen molar-refractivity contribution in [3.63, 3.8) is 0 Å². The topological polar surface area (TPSA) is 60.2 Å². The van der Waals surface area contributed by atoms with Gasteiger partial charge in [-0.25, -0.2) is 4.39 Å². The molecule has 0 spiro atoms. The first-order valence-corrected chi connectivity index (χ1v) is 11.4. The van der Waals surface area contributed by atoms with Gasteiger partial charge in [0.05, 0.1) is 5.25 Å². The molecule has 2 aromatic carbocycles. The predicted octanol–water partition coefficient (Wildman–Crippen LogP) is 4.64. The fourth-order valence-electron chi connectivity index (χ4n) is 3.72. The molecule has 0 saturated carbocycles. The van der Waals surface area contributed by atoms with E-state index in [0.717, 1.165) is 18.5 Å². The second kappa shape index (κ2) is 9.99. The average Bonchev–Trinajstić information content (AvgIpc) is 3.19. The number of nitrogens with zero attached hydrogens (tertiary/aromatic N) is 4. The third kappa shape index (κ3) is 4.70. The van der Waals surface area contributed by atoms with Gasteiger partial charge in [0.15, 0.2) is 22.5 Å². The number of hydrogen-bond donors (Lipinski definition) is 0. The predicted molar refractivity (Wildman–Crippen MR) is 123 cm³/mol. The lowest BCUT2D eigenvalue weighted by molar-refractivity contribution is -0.117. The van der Waals surface area contributed by atoms with E-state index in [1.807, 2.05) is 34.6 Å². The van der Waals surface area contributed by atoms with Crippen LogP contribution in [0.2, 0.25) is 0 Å². The molecule has 3 aromatic rings. The van der Waals surface area contributed by atoms with Crippen LogP contribution in [0.3, 0.4) is 0 Å². The zero-order valence-electron chi connectivity index (χ0n) is 17.9. The first-order chi connectivity index (χ1) is 15.6. The molecule has 1 amide bonds. The molecule has 8 heteroatoms. The largest absolute Gasteiger partial charge is 0.483 e. The van der Waals surface area contributed by atoms with E-state index in [4.69, 9.17) is 4.74 Å². The highest BCUT2D eigenvalue weighted by atomic mass is 32.2. The molecule has 4 rings (SSSR count). The summed E-state index contributed by atoms with van der Waals surface area (Å²) in [5.41, 5.74) is 2.19. The number of carbonyl (C=O) groups excluding carboxylic acids is 1. The molecule has 0 radical (unpaired) electrons. The number of allylic oxidation sites excluding steroid dienone is 1. The summed E-state index contributed by atoms with van der Waals surface area (Å²) in [6.07, 6.45) is 3.66. The van der Waals surface area contributed by atoms with Crippen LogP contribution in [0.15, 0.2) is 66.3 Å². The highest BCUT2D eigenvalue weighted by Gasteiger charge is 2.28. The van der Waals surface area contributed by atoms with E-state index in [0.29, 0.717) is 24.1 Å². The molecule has 1 aliphatic heterocycles. The third-order valence-corrected chi connectivity index (χ3v) is 6.37. The molecule has 1 aliphatic rings. The molecule has 0 aliphatic carbocycles. The number of amides is 1. The van der Waals surface area contributed by atoms with Crippen molar-refractivity contribution in [2.75, 3.05) is 11.4 Å². The summed E-state index contributed by atoms with van der Waals surface area (Å²) in [4.78, 5) is 15.1. The number of aryl methyl sites for hydroxylation is 1. The number of benzene rings is 2. The maximum Gasteiger partial charge on any atom is 0.240 e. The zero-order valence-corrected chi connectivity index (χ0v) is 18.7. The third-order valence-electron chi connectivity index (χ3n) is 5.30. The number of carbonyl (C=O) groups is 1. The van der Waals surface area contributed by atoms with Gasteiger partial charge in [-0.05, 0) is 43.5 Å². The number of thioether (sulfide) groups is 1. The monoisotopic (exact) mass is 452 g/mol. The molecular formula is C24H25FN4O2S. The SMILES string of the molecule is C=CCn1c(COc2ccccc2F)nnc1SC(C)C(=O)N1CCCc2ccccc21. The van der Waals surface area contributed by atoms with Gasteiger partial charge >= 0.3 is 0 Å². The van der Waals surface area contributed by atoms with Crippen LogP contribution in [0.4, 0.5) is 10.1 Å². The maximum atomic E-state index is 13.9. The Hall–Kier alpha value is -3.13. The number of halogens is 1. The van der Waals surface area contributed by atoms with Crippen LogP contribution in [-0.2, 0) is 24.4 Å². The second-order valence-electron chi connectivity index (χ2n) is 7.50. The molecule has 32 heavy (non-hydrogen) atoms. The quantitative estimate of drug-likeness (QED) is 0.368. The van der Waals surface area contributed by atoms with Crippen molar-refractivity contribution < 1.29 is 13.9 Å². The molecular weight excluding hydrogens is 427 g/mol. The minimum atomic E-state index is -0.432. The fraction of sp³-hybridized carbons (Fsp3) is 0.292. The minimum absolute atomic E-state index is 0.0412. The Bertz CT molecular complexity index is 1120. The number of para-hydroxylation sites is 2. The summed E-state index contributed by atoms with van der Waals surface area (Å²) in [5, 5.41) is 8.72. The smallest absolute Gasteiger partial charge is 0.240 e. The summed E-state index contributed by atoms with van der Waals surface area (Å²) in [5.74, 6) is 0.304. The number of rotatable bonds is 8. The summed E-state index contributed by atoms with van der Waals surface area (Å²) < 4.78 is 21.3. The van der Waals surface area contributed by atoms with E-state index in [1.54, 1.807) is 24.3 Å². The Morgan fingerprint density at radius 1 is 1.25 bits per heavy atom. The first kappa shape index (κ1) is 22.1. The van der Waals surface area contributed by atoms with Crippen LogP contribution >= 0.6 is 11.8 Å². The highest BCUT2D eigenvalue weighted by molar-refractivity contribution is 8.00. The molecule has 0 fully saturated rings. The molecule has 0 bridgehead atoms. The summed E-state index contributed by atoms with van der Waals surface area (Å²) >= 11 is 1.35. The van der Waals surface area contributed by atoms with Gasteiger partial charge in [-0.1, -0.05) is 48.2 Å². The molecule has 1 atom stereocenters. The van der Waals surface area contributed by atoms with Gasteiger partial charge in [0.25, 0.3) is 0 Å². The van der Waals surface area contributed by atoms with Gasteiger partial charge < -0.3 is 9.64 Å². The molecule has 0 N–H and O–H groups in total. The Kier molecular flexibility index (Phi) is 6.90. The van der Waals surface area contributed by atoms with Crippen molar-refractivity contribution >= 4 is 23.4 Å². The van der Waals surface area contributed by atoms with Crippen molar-refractivity contribution in [3.05, 3.63) is 78.4 Å². The van der Waals surface area contributed by atoms with E-state index in [2.05, 4.69) is 22.8 Å². The summed E-state index contributed by atoms with van der Waals surface area (Å²) in [7, 11) is 0. The Morgan fingerprint density at radius 2 is 2.03 bits per heavy atom. The van der Waals surface area contributed by atoms with Crippen LogP contribution in [-0.4, -0.2) is 32.5 Å². The molecule has 166 valence electrons. The zero-order chi connectivity index (χ0) is 22.5. The van der Waals surface area contributed by atoms with Crippen LogP contribution in [0.25, 0.3) is 0 Å². The second-order valence-corrected chi connectivity index (χ2v) is 8.81. The average molecular weight is 453 g/mol. The number of fused-ring (bicyclic) bond motifs is 1. The molecule has 1 aromatic heterocycles. The van der Waals surface area contributed by atoms with Crippen molar-refractivity contribution in [2.24, 2.45) is 0 Å². The Balaban J connectivity index is 1.48. The Morgan fingerprint density at radius 3 is 2.84 bits per heavy atom. The van der Waals surface area contributed by atoms with Crippen molar-refractivity contribution in [1.82, 2.24) is 14.8 Å². The van der Waals surface area contributed by atoms with E-state index < -0.39 is 5.82 Å². The van der Waals surface area contributed by atoms with Crippen LogP contribution in [0.1, 0.15) is 24.7 Å². The van der Waals surface area contributed by atoms with Crippen LogP contribution < -0.4 is 9.64 Å². The molecule has 0 saturated heterocycles. The van der Waals surface area contributed by atoms with E-state index >= 15 is 0 Å². The van der Waals surface area contributed by atoms with E-state index in [9.17, 15) is 9.18 Å². The van der Waals surface area contributed by atoms with Gasteiger partial charge in [0.1, 0.15) is 6.61 Å². The summed E-state index contributed by atoms with van der Waals surface area (Å²) in [6, 6.07) is 14.3. The van der Waals surface area contributed by atoms with Crippen molar-refractivity contribution in [3.8, 4) is 5.75 Å². The van der Waals surface area contributed by atoms with Crippen molar-refractivity contribution in [1.29, 1.82) is 0 Å². The molecule has 2 heterocycles. The lowest BCUT2D eigenvalue weighted by atomic mass is 10.0. The van der Waals surface area contributed by atoms with Crippen LogP contribution in [0.5, 0.6) is 5.75 Å². The van der Waals surface area contributed by atoms with Gasteiger partial charge in [-0.3, -0.25) is 9.36 Å². The van der Waals surface area contributed by atoms with E-state index in [1.165, 1.54) is 23.4 Å². The maximum absolute atomic E-state index is 13.9. The highest BCUT2D eigenvalue weighted by Crippen LogP contribution is 2.31. The van der Waals surface area contributed by atoms with Gasteiger partial charge in [-0.2, -0.15) is 0 Å². The van der Waals surface area contributed by atoms with Crippen LogP contribution in [0, 0.1) is 5.82 Å². The lowest BCUT2D eigenvalue weighted by Gasteiger charge is -2.31. The summed E-state index contributed by atoms with van der Waals surface area (Å²) in [6.45, 7) is 6.91. The standard InChI is InChI=1S/C24H25FN4O2S/c1-3-14-29-22(16-31-21-13-7-5-11-19(21)25)26-27-24(29)32-17(2)23(30)28-15-8-10-18-9-4-6-12-20(18)28/h3-7,9,11-13,17H,1,8,10,14-16H2,2H3. The normalized spacial score (nSPS) is 14.0. The molecule has 6 nitrogen and oxygen atoms in total. The minimum Gasteiger partial charge on any atom is -0.483 e. The fourth-order valence-corrected chi connectivity index (χ4v) is 4.66. The number of hydrogen-bond acceptors (Lipinski definition) is 5.